The van der Waals surface area contributed by atoms with E-state index in [0.717, 1.165) is 0 Å². The lowest BCUT2D eigenvalue weighted by atomic mass is 10.2. The highest BCUT2D eigenvalue weighted by Gasteiger charge is 2.09. The molecule has 0 aromatic heterocycles. The molecule has 0 saturated heterocycles. The number of hydrogen-bond acceptors (Lipinski definition) is 4. The standard InChI is InChI=1S/C14H12BrFN2O2/c15-10-1-8(2-11(16)5-10)7-20-14(19)9-3-12(17)6-13(18)4-9/h1-6H,7,17-18H2. The molecule has 0 radical (unpaired) electrons. The number of anilines is 2. The summed E-state index contributed by atoms with van der Waals surface area (Å²) in [4.78, 5) is 11.9. The number of halogens is 2. The van der Waals surface area contributed by atoms with Crippen molar-refractivity contribution in [2.75, 3.05) is 11.5 Å². The third-order valence-corrected chi connectivity index (χ3v) is 2.96. The molecule has 2 rings (SSSR count). The minimum atomic E-state index is -0.565. The number of ether oxygens (including phenoxy) is 1. The van der Waals surface area contributed by atoms with Crippen molar-refractivity contribution < 1.29 is 13.9 Å². The van der Waals surface area contributed by atoms with Gasteiger partial charge in [-0.15, -0.1) is 0 Å². The summed E-state index contributed by atoms with van der Waals surface area (Å²) in [6.45, 7) is -0.0378. The zero-order valence-corrected chi connectivity index (χ0v) is 12.0. The van der Waals surface area contributed by atoms with Crippen molar-refractivity contribution in [1.82, 2.24) is 0 Å². The third-order valence-electron chi connectivity index (χ3n) is 2.51. The van der Waals surface area contributed by atoms with Gasteiger partial charge >= 0.3 is 5.97 Å². The molecule has 0 aliphatic heterocycles. The second-order valence-corrected chi connectivity index (χ2v) is 5.16. The molecule has 104 valence electrons. The van der Waals surface area contributed by atoms with Crippen LogP contribution < -0.4 is 11.5 Å². The maximum Gasteiger partial charge on any atom is 0.338 e. The fourth-order valence-corrected chi connectivity index (χ4v) is 2.23. The highest BCUT2D eigenvalue weighted by molar-refractivity contribution is 9.10. The van der Waals surface area contributed by atoms with Crippen molar-refractivity contribution in [2.45, 2.75) is 6.61 Å². The fourth-order valence-electron chi connectivity index (χ4n) is 1.72. The number of hydrogen-bond donors (Lipinski definition) is 2. The van der Waals surface area contributed by atoms with Crippen LogP contribution in [0.2, 0.25) is 0 Å². The summed E-state index contributed by atoms with van der Waals surface area (Å²) < 4.78 is 18.9. The van der Waals surface area contributed by atoms with Gasteiger partial charge in [0.15, 0.2) is 0 Å². The van der Waals surface area contributed by atoms with E-state index in [1.165, 1.54) is 24.3 Å². The Morgan fingerprint density at radius 2 is 1.75 bits per heavy atom. The molecule has 0 heterocycles. The topological polar surface area (TPSA) is 78.3 Å². The van der Waals surface area contributed by atoms with E-state index in [0.29, 0.717) is 21.4 Å². The van der Waals surface area contributed by atoms with Gasteiger partial charge in [-0.25, -0.2) is 9.18 Å². The van der Waals surface area contributed by atoms with E-state index < -0.39 is 11.8 Å². The van der Waals surface area contributed by atoms with Crippen LogP contribution in [-0.2, 0) is 11.3 Å². The average Bonchev–Trinajstić information content (AvgIpc) is 2.33. The van der Waals surface area contributed by atoms with E-state index in [1.807, 2.05) is 0 Å². The Morgan fingerprint density at radius 3 is 2.35 bits per heavy atom. The molecule has 0 fully saturated rings. The van der Waals surface area contributed by atoms with Crippen molar-refractivity contribution in [3.8, 4) is 0 Å². The maximum atomic E-state index is 13.2. The van der Waals surface area contributed by atoms with E-state index in [1.54, 1.807) is 12.1 Å². The minimum absolute atomic E-state index is 0.0378. The number of carbonyl (C=O) groups excluding carboxylic acids is 1. The Labute approximate surface area is 123 Å². The number of rotatable bonds is 3. The van der Waals surface area contributed by atoms with Crippen molar-refractivity contribution in [3.05, 3.63) is 57.8 Å². The summed E-state index contributed by atoms with van der Waals surface area (Å²) in [5.74, 6) is -0.969. The quantitative estimate of drug-likeness (QED) is 0.665. The van der Waals surface area contributed by atoms with Crippen molar-refractivity contribution >= 4 is 33.3 Å². The lowest BCUT2D eigenvalue weighted by Crippen LogP contribution is -2.07. The van der Waals surface area contributed by atoms with Gasteiger partial charge in [0.2, 0.25) is 0 Å². The lowest BCUT2D eigenvalue weighted by molar-refractivity contribution is 0.0472. The number of carbonyl (C=O) groups is 1. The van der Waals surface area contributed by atoms with Gasteiger partial charge in [0, 0.05) is 15.8 Å². The number of benzene rings is 2. The molecule has 0 bridgehead atoms. The smallest absolute Gasteiger partial charge is 0.338 e. The van der Waals surface area contributed by atoms with Crippen LogP contribution in [0.5, 0.6) is 0 Å². The predicted molar refractivity (Wildman–Crippen MR) is 78.5 cm³/mol. The molecule has 0 spiro atoms. The van der Waals surface area contributed by atoms with Gasteiger partial charge in [-0.2, -0.15) is 0 Å². The van der Waals surface area contributed by atoms with E-state index in [-0.39, 0.29) is 12.2 Å². The van der Waals surface area contributed by atoms with Crippen LogP contribution in [-0.4, -0.2) is 5.97 Å². The zero-order valence-electron chi connectivity index (χ0n) is 10.4. The molecule has 20 heavy (non-hydrogen) atoms. The van der Waals surface area contributed by atoms with Crippen molar-refractivity contribution in [1.29, 1.82) is 0 Å². The first-order chi connectivity index (χ1) is 9.44. The van der Waals surface area contributed by atoms with Crippen LogP contribution in [0.3, 0.4) is 0 Å². The zero-order chi connectivity index (χ0) is 14.7. The van der Waals surface area contributed by atoms with Crippen LogP contribution in [0.4, 0.5) is 15.8 Å². The number of nitrogen functional groups attached to an aromatic ring is 2. The first-order valence-corrected chi connectivity index (χ1v) is 6.51. The van der Waals surface area contributed by atoms with E-state index in [4.69, 9.17) is 16.2 Å². The molecule has 2 aromatic rings. The van der Waals surface area contributed by atoms with Crippen molar-refractivity contribution in [2.24, 2.45) is 0 Å². The Hall–Kier alpha value is -2.08. The Morgan fingerprint density at radius 1 is 1.10 bits per heavy atom. The predicted octanol–water partition coefficient (Wildman–Crippen LogP) is 3.11. The van der Waals surface area contributed by atoms with Gasteiger partial charge in [0.1, 0.15) is 12.4 Å². The highest BCUT2D eigenvalue weighted by atomic mass is 79.9. The molecular formula is C14H12BrFN2O2. The molecule has 0 unspecified atom stereocenters. The molecule has 2 aromatic carbocycles. The first kappa shape index (κ1) is 14.3. The Balaban J connectivity index is 2.08. The second kappa shape index (κ2) is 5.92. The summed E-state index contributed by atoms with van der Waals surface area (Å²) in [7, 11) is 0. The van der Waals surface area contributed by atoms with E-state index in [2.05, 4.69) is 15.9 Å². The van der Waals surface area contributed by atoms with Crippen LogP contribution in [0.15, 0.2) is 40.9 Å². The normalized spacial score (nSPS) is 10.3. The van der Waals surface area contributed by atoms with Crippen LogP contribution in [0.25, 0.3) is 0 Å². The van der Waals surface area contributed by atoms with Gasteiger partial charge in [0.25, 0.3) is 0 Å². The Kier molecular flexibility index (Phi) is 4.24. The molecule has 0 aliphatic carbocycles. The van der Waals surface area contributed by atoms with Gasteiger partial charge in [-0.3, -0.25) is 0 Å². The van der Waals surface area contributed by atoms with E-state index in [9.17, 15) is 9.18 Å². The SMILES string of the molecule is Nc1cc(N)cc(C(=O)OCc2cc(F)cc(Br)c2)c1. The summed E-state index contributed by atoms with van der Waals surface area (Å²) in [5, 5.41) is 0. The number of esters is 1. The van der Waals surface area contributed by atoms with Crippen LogP contribution >= 0.6 is 15.9 Å². The largest absolute Gasteiger partial charge is 0.457 e. The van der Waals surface area contributed by atoms with E-state index >= 15 is 0 Å². The number of nitrogens with two attached hydrogens (primary N) is 2. The Bertz CT molecular complexity index is 621. The molecule has 6 heteroatoms. The molecule has 0 aliphatic rings. The minimum Gasteiger partial charge on any atom is -0.457 e. The maximum absolute atomic E-state index is 13.2. The summed E-state index contributed by atoms with van der Waals surface area (Å²) in [6, 6.07) is 8.78. The highest BCUT2D eigenvalue weighted by Crippen LogP contribution is 2.18. The second-order valence-electron chi connectivity index (χ2n) is 4.24. The monoisotopic (exact) mass is 338 g/mol. The summed E-state index contributed by atoms with van der Waals surface area (Å²) in [5.41, 5.74) is 12.8. The molecule has 0 amide bonds. The average molecular weight is 339 g/mol. The molecule has 4 N–H and O–H groups in total. The first-order valence-electron chi connectivity index (χ1n) is 5.72. The molecule has 4 nitrogen and oxygen atoms in total. The molecule has 0 saturated carbocycles. The van der Waals surface area contributed by atoms with Gasteiger partial charge in [0.05, 0.1) is 5.56 Å². The van der Waals surface area contributed by atoms with Crippen molar-refractivity contribution in [3.63, 3.8) is 0 Å². The summed E-state index contributed by atoms with van der Waals surface area (Å²) in [6.07, 6.45) is 0. The van der Waals surface area contributed by atoms with Crippen LogP contribution in [0.1, 0.15) is 15.9 Å². The third kappa shape index (κ3) is 3.71. The molecular weight excluding hydrogens is 327 g/mol. The van der Waals surface area contributed by atoms with Crippen LogP contribution in [0, 0.1) is 5.82 Å². The fraction of sp³-hybridized carbons (Fsp3) is 0.0714. The van der Waals surface area contributed by atoms with Gasteiger partial charge < -0.3 is 16.2 Å². The summed E-state index contributed by atoms with van der Waals surface area (Å²) >= 11 is 3.17. The van der Waals surface area contributed by atoms with Gasteiger partial charge in [-0.1, -0.05) is 15.9 Å². The van der Waals surface area contributed by atoms with Gasteiger partial charge in [-0.05, 0) is 42.0 Å². The lowest BCUT2D eigenvalue weighted by Gasteiger charge is -2.07. The molecule has 0 atom stereocenters.